The third-order valence-electron chi connectivity index (χ3n) is 4.26. The molecule has 0 spiro atoms. The number of aliphatic imine (C=N–C) groups is 1. The second kappa shape index (κ2) is 6.11. The van der Waals surface area contributed by atoms with Crippen LogP contribution < -0.4 is 14.8 Å². The molecule has 6 heteroatoms. The maximum Gasteiger partial charge on any atom is 0.231 e. The summed E-state index contributed by atoms with van der Waals surface area (Å²) < 4.78 is 11.8. The van der Waals surface area contributed by atoms with E-state index in [-0.39, 0.29) is 24.8 Å². The number of halogens is 1. The van der Waals surface area contributed by atoms with Gasteiger partial charge < -0.3 is 14.6 Å². The lowest BCUT2D eigenvalue weighted by atomic mass is 9.94. The van der Waals surface area contributed by atoms with Crippen molar-refractivity contribution in [2.75, 3.05) is 6.79 Å². The van der Waals surface area contributed by atoms with Gasteiger partial charge in [0.25, 0.3) is 0 Å². The van der Waals surface area contributed by atoms with Gasteiger partial charge in [0, 0.05) is 28.2 Å². The number of hydrogen-bond donors (Lipinski definition) is 2. The first-order valence-electron chi connectivity index (χ1n) is 7.81. The molecule has 0 saturated heterocycles. The molecule has 0 amide bonds. The highest BCUT2D eigenvalue weighted by molar-refractivity contribution is 9.10. The third-order valence-corrected chi connectivity index (χ3v) is 4.75. The first-order chi connectivity index (χ1) is 11.6. The van der Waals surface area contributed by atoms with Gasteiger partial charge in [-0.3, -0.25) is 10.3 Å². The molecule has 2 unspecified atom stereocenters. The molecule has 2 aliphatic heterocycles. The van der Waals surface area contributed by atoms with Crippen LogP contribution in [-0.4, -0.2) is 23.8 Å². The summed E-state index contributed by atoms with van der Waals surface area (Å²) in [5.74, 6) is 1.81. The number of phenolic OH excluding ortho intramolecular Hbond substituents is 1. The molecule has 24 heavy (non-hydrogen) atoms. The van der Waals surface area contributed by atoms with Crippen molar-refractivity contribution in [1.82, 2.24) is 5.32 Å². The van der Waals surface area contributed by atoms with Crippen molar-refractivity contribution in [2.45, 2.75) is 25.6 Å². The van der Waals surface area contributed by atoms with Crippen LogP contribution in [-0.2, 0) is 0 Å². The Labute approximate surface area is 148 Å². The summed E-state index contributed by atoms with van der Waals surface area (Å²) in [6.07, 6.45) is 0.649. The summed E-state index contributed by atoms with van der Waals surface area (Å²) in [7, 11) is 0. The molecule has 2 aliphatic rings. The monoisotopic (exact) mass is 388 g/mol. The minimum atomic E-state index is -0.0393. The molecule has 0 saturated carbocycles. The predicted octanol–water partition coefficient (Wildman–Crippen LogP) is 3.75. The molecule has 0 fully saturated rings. The van der Waals surface area contributed by atoms with Crippen LogP contribution >= 0.6 is 15.9 Å². The van der Waals surface area contributed by atoms with Gasteiger partial charge in [0.15, 0.2) is 11.5 Å². The van der Waals surface area contributed by atoms with Crippen LogP contribution in [0.1, 0.15) is 30.5 Å². The van der Waals surface area contributed by atoms with Gasteiger partial charge in [0.1, 0.15) is 5.75 Å². The van der Waals surface area contributed by atoms with E-state index in [2.05, 4.69) is 21.2 Å². The molecule has 5 nitrogen and oxygen atoms in total. The van der Waals surface area contributed by atoms with Gasteiger partial charge in [-0.1, -0.05) is 15.9 Å². The highest BCUT2D eigenvalue weighted by Gasteiger charge is 2.26. The minimum absolute atomic E-state index is 0.00424. The van der Waals surface area contributed by atoms with E-state index in [1.807, 2.05) is 37.3 Å². The maximum atomic E-state index is 10.2. The molecular formula is C18H17BrN2O3. The molecule has 2 aromatic carbocycles. The first kappa shape index (κ1) is 15.5. The van der Waals surface area contributed by atoms with E-state index >= 15 is 0 Å². The zero-order valence-corrected chi connectivity index (χ0v) is 14.7. The zero-order chi connectivity index (χ0) is 16.7. The summed E-state index contributed by atoms with van der Waals surface area (Å²) in [6, 6.07) is 11.4. The molecular weight excluding hydrogens is 372 g/mol. The molecule has 124 valence electrons. The fourth-order valence-corrected chi connectivity index (χ4v) is 3.52. The molecule has 0 aliphatic carbocycles. The Kier molecular flexibility index (Phi) is 3.94. The molecule has 2 N–H and O–H groups in total. The molecule has 2 aromatic rings. The minimum Gasteiger partial charge on any atom is -0.508 e. The number of fused-ring (bicyclic) bond motifs is 1. The smallest absolute Gasteiger partial charge is 0.231 e. The lowest BCUT2D eigenvalue weighted by Crippen LogP contribution is -2.36. The molecule has 4 rings (SSSR count). The van der Waals surface area contributed by atoms with Crippen LogP contribution in [0.25, 0.3) is 0 Å². The maximum absolute atomic E-state index is 10.2. The van der Waals surface area contributed by atoms with Crippen molar-refractivity contribution < 1.29 is 14.6 Å². The fourth-order valence-electron chi connectivity index (χ4n) is 3.14. The van der Waals surface area contributed by atoms with E-state index in [1.165, 1.54) is 0 Å². The van der Waals surface area contributed by atoms with E-state index in [0.29, 0.717) is 6.42 Å². The van der Waals surface area contributed by atoms with E-state index in [1.54, 1.807) is 6.07 Å². The second-order valence-corrected chi connectivity index (χ2v) is 6.86. The number of aromatic hydroxyl groups is 1. The lowest BCUT2D eigenvalue weighted by Gasteiger charge is -2.29. The Morgan fingerprint density at radius 3 is 2.88 bits per heavy atom. The molecule has 2 atom stereocenters. The SMILES string of the molecule is CC1N=C(c2ccc3c(c2)OCO3)CC(c2cc(Br)ccc2O)N1. The number of hydrogen-bond acceptors (Lipinski definition) is 5. The third kappa shape index (κ3) is 2.87. The average Bonchev–Trinajstić information content (AvgIpc) is 3.04. The number of benzene rings is 2. The lowest BCUT2D eigenvalue weighted by molar-refractivity contribution is 0.174. The topological polar surface area (TPSA) is 63.1 Å². The van der Waals surface area contributed by atoms with Crippen LogP contribution in [0.4, 0.5) is 0 Å². The predicted molar refractivity (Wildman–Crippen MR) is 94.9 cm³/mol. The number of nitrogens with zero attached hydrogens (tertiary/aromatic N) is 1. The van der Waals surface area contributed by atoms with Crippen molar-refractivity contribution in [3.8, 4) is 17.2 Å². The van der Waals surface area contributed by atoms with Crippen LogP contribution in [0, 0.1) is 0 Å². The summed E-state index contributed by atoms with van der Waals surface area (Å²) in [6.45, 7) is 2.27. The number of rotatable bonds is 2. The molecule has 0 bridgehead atoms. The number of ether oxygens (including phenoxy) is 2. The molecule has 0 radical (unpaired) electrons. The Morgan fingerprint density at radius 1 is 1.17 bits per heavy atom. The Balaban J connectivity index is 1.66. The average molecular weight is 389 g/mol. The summed E-state index contributed by atoms with van der Waals surface area (Å²) in [4.78, 5) is 4.72. The Hall–Kier alpha value is -2.05. The number of nitrogens with one attached hydrogen (secondary N) is 1. The van der Waals surface area contributed by atoms with E-state index < -0.39 is 0 Å². The van der Waals surface area contributed by atoms with E-state index in [9.17, 15) is 5.11 Å². The van der Waals surface area contributed by atoms with Gasteiger partial charge in [-0.15, -0.1) is 0 Å². The van der Waals surface area contributed by atoms with Crippen LogP contribution in [0.15, 0.2) is 45.9 Å². The second-order valence-electron chi connectivity index (χ2n) is 5.95. The van der Waals surface area contributed by atoms with Gasteiger partial charge in [0.05, 0.1) is 6.17 Å². The largest absolute Gasteiger partial charge is 0.508 e. The van der Waals surface area contributed by atoms with Gasteiger partial charge in [0.2, 0.25) is 6.79 Å². The van der Waals surface area contributed by atoms with Crippen LogP contribution in [0.3, 0.4) is 0 Å². The van der Waals surface area contributed by atoms with Gasteiger partial charge in [-0.2, -0.15) is 0 Å². The first-order valence-corrected chi connectivity index (χ1v) is 8.60. The standard InChI is InChI=1S/C18H17BrN2O3/c1-10-20-14(11-2-5-17-18(6-11)24-9-23-17)8-15(21-10)13-7-12(19)3-4-16(13)22/h2-7,10,15,21-22H,8-9H2,1H3. The zero-order valence-electron chi connectivity index (χ0n) is 13.1. The molecule has 0 aromatic heterocycles. The van der Waals surface area contributed by atoms with Crippen molar-refractivity contribution in [3.05, 3.63) is 52.0 Å². The highest BCUT2D eigenvalue weighted by atomic mass is 79.9. The van der Waals surface area contributed by atoms with Crippen LogP contribution in [0.2, 0.25) is 0 Å². The van der Waals surface area contributed by atoms with Gasteiger partial charge in [-0.05, 0) is 48.9 Å². The van der Waals surface area contributed by atoms with E-state index in [4.69, 9.17) is 14.5 Å². The van der Waals surface area contributed by atoms with Gasteiger partial charge >= 0.3 is 0 Å². The van der Waals surface area contributed by atoms with Crippen molar-refractivity contribution >= 4 is 21.6 Å². The fraction of sp³-hybridized carbons (Fsp3) is 0.278. The van der Waals surface area contributed by atoms with Crippen molar-refractivity contribution in [1.29, 1.82) is 0 Å². The molecule has 2 heterocycles. The summed E-state index contributed by atoms with van der Waals surface area (Å²) >= 11 is 3.47. The normalized spacial score (nSPS) is 22.3. The number of phenols is 1. The quantitative estimate of drug-likeness (QED) is 0.821. The summed E-state index contributed by atoms with van der Waals surface area (Å²) in [5, 5.41) is 13.6. The highest BCUT2D eigenvalue weighted by Crippen LogP contribution is 2.36. The van der Waals surface area contributed by atoms with Crippen molar-refractivity contribution in [3.63, 3.8) is 0 Å². The Bertz CT molecular complexity index is 822. The Morgan fingerprint density at radius 2 is 2.00 bits per heavy atom. The van der Waals surface area contributed by atoms with Gasteiger partial charge in [-0.25, -0.2) is 0 Å². The van der Waals surface area contributed by atoms with E-state index in [0.717, 1.165) is 32.8 Å². The van der Waals surface area contributed by atoms with Crippen molar-refractivity contribution in [2.24, 2.45) is 4.99 Å². The van der Waals surface area contributed by atoms with Crippen LogP contribution in [0.5, 0.6) is 17.2 Å². The summed E-state index contributed by atoms with van der Waals surface area (Å²) in [5.41, 5.74) is 2.88.